The molecule has 0 radical (unpaired) electrons. The van der Waals surface area contributed by atoms with E-state index in [1.807, 2.05) is 24.3 Å². The molecule has 0 saturated heterocycles. The van der Waals surface area contributed by atoms with E-state index >= 15 is 0 Å². The number of carbonyl (C=O) groups is 1. The molecule has 0 aliphatic heterocycles. The Balaban J connectivity index is 2.00. The zero-order chi connectivity index (χ0) is 17.1. The molecule has 24 heavy (non-hydrogen) atoms. The maximum absolute atomic E-state index is 13.3. The van der Waals surface area contributed by atoms with E-state index in [4.69, 9.17) is 4.74 Å². The lowest BCUT2D eigenvalue weighted by Crippen LogP contribution is -2.34. The summed E-state index contributed by atoms with van der Waals surface area (Å²) in [6, 6.07) is 11.7. The standard InChI is InChI=1S/C17H14BrFN2O2S/c1-23-9-8-21(16(22)12-7-6-11(19)10-13(12)18)17-20-14-4-2-3-5-15(14)24-17/h2-7,10H,8-9H2,1H3. The third kappa shape index (κ3) is 3.48. The molecule has 3 rings (SSSR count). The molecule has 4 nitrogen and oxygen atoms in total. The topological polar surface area (TPSA) is 42.4 Å². The van der Waals surface area contributed by atoms with E-state index in [-0.39, 0.29) is 5.91 Å². The molecule has 1 aromatic heterocycles. The summed E-state index contributed by atoms with van der Waals surface area (Å²) in [5.74, 6) is -0.653. The van der Waals surface area contributed by atoms with Gasteiger partial charge in [0.05, 0.1) is 28.9 Å². The highest BCUT2D eigenvalue weighted by molar-refractivity contribution is 9.10. The maximum atomic E-state index is 13.3. The van der Waals surface area contributed by atoms with Crippen LogP contribution in [0, 0.1) is 5.82 Å². The van der Waals surface area contributed by atoms with Gasteiger partial charge in [-0.1, -0.05) is 23.5 Å². The smallest absolute Gasteiger partial charge is 0.261 e. The van der Waals surface area contributed by atoms with Gasteiger partial charge in [-0.15, -0.1) is 0 Å². The summed E-state index contributed by atoms with van der Waals surface area (Å²) in [6.45, 7) is 0.736. The van der Waals surface area contributed by atoms with Crippen LogP contribution in [0.15, 0.2) is 46.9 Å². The Kier molecular flexibility index (Phi) is 5.23. The normalized spacial score (nSPS) is 11.0. The summed E-state index contributed by atoms with van der Waals surface area (Å²) in [4.78, 5) is 19.0. The summed E-state index contributed by atoms with van der Waals surface area (Å²) in [7, 11) is 1.58. The second-order valence-corrected chi connectivity index (χ2v) is 6.90. The number of benzene rings is 2. The van der Waals surface area contributed by atoms with E-state index in [1.165, 1.54) is 29.5 Å². The number of thiazole rings is 1. The van der Waals surface area contributed by atoms with Gasteiger partial charge in [0.1, 0.15) is 5.82 Å². The highest BCUT2D eigenvalue weighted by Gasteiger charge is 2.23. The van der Waals surface area contributed by atoms with Gasteiger partial charge < -0.3 is 4.74 Å². The summed E-state index contributed by atoms with van der Waals surface area (Å²) in [6.07, 6.45) is 0. The first-order chi connectivity index (χ1) is 11.6. The minimum absolute atomic E-state index is 0.252. The fourth-order valence-electron chi connectivity index (χ4n) is 2.25. The molecule has 124 valence electrons. The lowest BCUT2D eigenvalue weighted by atomic mass is 10.2. The van der Waals surface area contributed by atoms with Crippen molar-refractivity contribution in [1.82, 2.24) is 4.98 Å². The largest absolute Gasteiger partial charge is 0.383 e. The summed E-state index contributed by atoms with van der Waals surface area (Å²) in [5.41, 5.74) is 1.22. The Hall–Kier alpha value is -1.83. The van der Waals surface area contributed by atoms with Gasteiger partial charge in [-0.05, 0) is 46.3 Å². The number of anilines is 1. The number of amides is 1. The zero-order valence-electron chi connectivity index (χ0n) is 12.8. The number of halogens is 2. The van der Waals surface area contributed by atoms with E-state index < -0.39 is 5.82 Å². The fraction of sp³-hybridized carbons (Fsp3) is 0.176. The molecule has 0 aliphatic carbocycles. The summed E-state index contributed by atoms with van der Waals surface area (Å²) >= 11 is 4.69. The zero-order valence-corrected chi connectivity index (χ0v) is 15.2. The number of rotatable bonds is 5. The van der Waals surface area contributed by atoms with Crippen LogP contribution in [0.1, 0.15) is 10.4 Å². The monoisotopic (exact) mass is 408 g/mol. The molecule has 0 aliphatic rings. The number of methoxy groups -OCH3 is 1. The van der Waals surface area contributed by atoms with Crippen molar-refractivity contribution in [3.05, 3.63) is 58.3 Å². The molecule has 0 bridgehead atoms. The summed E-state index contributed by atoms with van der Waals surface area (Å²) < 4.78 is 19.8. The molecule has 7 heteroatoms. The average Bonchev–Trinajstić information content (AvgIpc) is 2.98. The molecule has 2 aromatic carbocycles. The third-order valence-corrected chi connectivity index (χ3v) is 5.15. The predicted octanol–water partition coefficient (Wildman–Crippen LogP) is 4.49. The first kappa shape index (κ1) is 17.0. The molecular formula is C17H14BrFN2O2S. The second-order valence-electron chi connectivity index (χ2n) is 5.04. The fourth-order valence-corrected chi connectivity index (χ4v) is 3.76. The Morgan fingerprint density at radius 3 is 2.83 bits per heavy atom. The van der Waals surface area contributed by atoms with Crippen LogP contribution in [-0.2, 0) is 4.74 Å². The minimum atomic E-state index is -0.401. The number of ether oxygens (including phenoxy) is 1. The van der Waals surface area contributed by atoms with Crippen LogP contribution < -0.4 is 4.90 Å². The van der Waals surface area contributed by atoms with Crippen LogP contribution in [0.5, 0.6) is 0 Å². The van der Waals surface area contributed by atoms with Gasteiger partial charge in [0.15, 0.2) is 5.13 Å². The van der Waals surface area contributed by atoms with Gasteiger partial charge in [0.25, 0.3) is 5.91 Å². The van der Waals surface area contributed by atoms with E-state index in [0.29, 0.717) is 28.3 Å². The maximum Gasteiger partial charge on any atom is 0.261 e. The van der Waals surface area contributed by atoms with Gasteiger partial charge in [-0.3, -0.25) is 9.69 Å². The molecule has 1 amide bonds. The number of aromatic nitrogens is 1. The number of nitrogens with zero attached hydrogens (tertiary/aromatic N) is 2. The number of hydrogen-bond acceptors (Lipinski definition) is 4. The molecule has 1 heterocycles. The molecule has 0 spiro atoms. The first-order valence-electron chi connectivity index (χ1n) is 7.21. The average molecular weight is 409 g/mol. The van der Waals surface area contributed by atoms with Crippen LogP contribution in [0.4, 0.5) is 9.52 Å². The quantitative estimate of drug-likeness (QED) is 0.624. The van der Waals surface area contributed by atoms with Gasteiger partial charge in [-0.25, -0.2) is 9.37 Å². The highest BCUT2D eigenvalue weighted by atomic mass is 79.9. The van der Waals surface area contributed by atoms with Crippen molar-refractivity contribution in [2.24, 2.45) is 0 Å². The molecule has 0 unspecified atom stereocenters. The van der Waals surface area contributed by atoms with E-state index in [9.17, 15) is 9.18 Å². The van der Waals surface area contributed by atoms with E-state index in [1.54, 1.807) is 12.0 Å². The number of fused-ring (bicyclic) bond motifs is 1. The highest BCUT2D eigenvalue weighted by Crippen LogP contribution is 2.30. The van der Waals surface area contributed by atoms with Crippen molar-refractivity contribution >= 4 is 48.5 Å². The third-order valence-electron chi connectivity index (χ3n) is 3.44. The molecule has 0 fully saturated rings. The molecule has 3 aromatic rings. The minimum Gasteiger partial charge on any atom is -0.383 e. The van der Waals surface area contributed by atoms with Crippen LogP contribution in [0.2, 0.25) is 0 Å². The van der Waals surface area contributed by atoms with Crippen molar-refractivity contribution in [3.63, 3.8) is 0 Å². The molecule has 0 saturated carbocycles. The Labute approximate surface area is 151 Å². The van der Waals surface area contributed by atoms with E-state index in [0.717, 1.165) is 10.2 Å². The van der Waals surface area contributed by atoms with Gasteiger partial charge in [0, 0.05) is 11.6 Å². The van der Waals surface area contributed by atoms with Crippen molar-refractivity contribution in [1.29, 1.82) is 0 Å². The molecular weight excluding hydrogens is 395 g/mol. The summed E-state index contributed by atoms with van der Waals surface area (Å²) in [5, 5.41) is 0.592. The Morgan fingerprint density at radius 1 is 1.33 bits per heavy atom. The van der Waals surface area contributed by atoms with Crippen molar-refractivity contribution < 1.29 is 13.9 Å². The van der Waals surface area contributed by atoms with Crippen molar-refractivity contribution in [2.45, 2.75) is 0 Å². The van der Waals surface area contributed by atoms with Gasteiger partial charge >= 0.3 is 0 Å². The van der Waals surface area contributed by atoms with Crippen LogP contribution in [0.25, 0.3) is 10.2 Å². The second kappa shape index (κ2) is 7.38. The first-order valence-corrected chi connectivity index (χ1v) is 8.82. The predicted molar refractivity (Wildman–Crippen MR) is 97.3 cm³/mol. The lowest BCUT2D eigenvalue weighted by molar-refractivity contribution is 0.0975. The van der Waals surface area contributed by atoms with Gasteiger partial charge in [-0.2, -0.15) is 0 Å². The number of carbonyl (C=O) groups excluding carboxylic acids is 1. The Morgan fingerprint density at radius 2 is 2.12 bits per heavy atom. The molecule has 0 atom stereocenters. The van der Waals surface area contributed by atoms with Crippen molar-refractivity contribution in [3.8, 4) is 0 Å². The molecule has 0 N–H and O–H groups in total. The van der Waals surface area contributed by atoms with Crippen LogP contribution in [0.3, 0.4) is 0 Å². The SMILES string of the molecule is COCCN(C(=O)c1ccc(F)cc1Br)c1nc2ccccc2s1. The number of para-hydroxylation sites is 1. The lowest BCUT2D eigenvalue weighted by Gasteiger charge is -2.20. The van der Waals surface area contributed by atoms with Crippen LogP contribution >= 0.6 is 27.3 Å². The number of hydrogen-bond donors (Lipinski definition) is 0. The van der Waals surface area contributed by atoms with Gasteiger partial charge in [0.2, 0.25) is 0 Å². The van der Waals surface area contributed by atoms with E-state index in [2.05, 4.69) is 20.9 Å². The van der Waals surface area contributed by atoms with Crippen LogP contribution in [-0.4, -0.2) is 31.2 Å². The Bertz CT molecular complexity index is 851. The van der Waals surface area contributed by atoms with Crippen molar-refractivity contribution in [2.75, 3.05) is 25.2 Å².